The van der Waals surface area contributed by atoms with E-state index in [2.05, 4.69) is 26.3 Å². The van der Waals surface area contributed by atoms with Crippen molar-refractivity contribution in [3.8, 4) is 5.69 Å². The van der Waals surface area contributed by atoms with Gasteiger partial charge in [0.2, 0.25) is 5.91 Å². The highest BCUT2D eigenvalue weighted by molar-refractivity contribution is 9.10. The Kier molecular flexibility index (Phi) is 3.66. The molecular formula is C12H13BrN4O. The first-order valence-corrected chi connectivity index (χ1v) is 6.22. The summed E-state index contributed by atoms with van der Waals surface area (Å²) >= 11 is 3.46. The van der Waals surface area contributed by atoms with Crippen molar-refractivity contribution >= 4 is 27.5 Å². The SMILES string of the molecule is C[C@@H](Nc1cnn(-c2ccccc2Br)c1)C(N)=O. The number of hydrogen-bond donors (Lipinski definition) is 2. The van der Waals surface area contributed by atoms with Gasteiger partial charge in [-0.1, -0.05) is 12.1 Å². The number of primary amides is 1. The Labute approximate surface area is 113 Å². The van der Waals surface area contributed by atoms with Gasteiger partial charge in [-0.15, -0.1) is 0 Å². The van der Waals surface area contributed by atoms with E-state index in [1.54, 1.807) is 24.0 Å². The standard InChI is InChI=1S/C12H13BrN4O/c1-8(12(14)18)16-9-6-15-17(7-9)11-5-3-2-4-10(11)13/h2-8,16H,1H3,(H2,14,18)/t8-/m1/s1. The lowest BCUT2D eigenvalue weighted by molar-refractivity contribution is -0.118. The van der Waals surface area contributed by atoms with E-state index < -0.39 is 11.9 Å². The number of nitrogens with one attached hydrogen (secondary N) is 1. The maximum absolute atomic E-state index is 11.0. The van der Waals surface area contributed by atoms with Crippen LogP contribution >= 0.6 is 15.9 Å². The first kappa shape index (κ1) is 12.6. The van der Waals surface area contributed by atoms with Crippen LogP contribution in [0.25, 0.3) is 5.69 Å². The number of halogens is 1. The molecule has 6 heteroatoms. The monoisotopic (exact) mass is 308 g/mol. The van der Waals surface area contributed by atoms with Crippen molar-refractivity contribution in [1.29, 1.82) is 0 Å². The fourth-order valence-corrected chi connectivity index (χ4v) is 1.95. The Morgan fingerprint density at radius 3 is 2.89 bits per heavy atom. The van der Waals surface area contributed by atoms with E-state index in [0.29, 0.717) is 0 Å². The van der Waals surface area contributed by atoms with Gasteiger partial charge in [0.05, 0.1) is 23.8 Å². The average Bonchev–Trinajstić information content (AvgIpc) is 2.77. The first-order chi connectivity index (χ1) is 8.58. The summed E-state index contributed by atoms with van der Waals surface area (Å²) in [6.07, 6.45) is 3.46. The second kappa shape index (κ2) is 5.22. The van der Waals surface area contributed by atoms with Gasteiger partial charge in [0.25, 0.3) is 0 Å². The van der Waals surface area contributed by atoms with Crippen molar-refractivity contribution in [2.45, 2.75) is 13.0 Å². The van der Waals surface area contributed by atoms with E-state index in [1.807, 2.05) is 24.3 Å². The lowest BCUT2D eigenvalue weighted by Gasteiger charge is -2.08. The van der Waals surface area contributed by atoms with E-state index >= 15 is 0 Å². The van der Waals surface area contributed by atoms with E-state index in [4.69, 9.17) is 5.73 Å². The third-order valence-electron chi connectivity index (χ3n) is 2.49. The number of carbonyl (C=O) groups is 1. The summed E-state index contributed by atoms with van der Waals surface area (Å²) < 4.78 is 2.67. The molecule has 18 heavy (non-hydrogen) atoms. The molecular weight excluding hydrogens is 296 g/mol. The van der Waals surface area contributed by atoms with Gasteiger partial charge in [-0.3, -0.25) is 4.79 Å². The summed E-state index contributed by atoms with van der Waals surface area (Å²) in [7, 11) is 0. The fourth-order valence-electron chi connectivity index (χ4n) is 1.49. The minimum atomic E-state index is -0.429. The third-order valence-corrected chi connectivity index (χ3v) is 3.16. The van der Waals surface area contributed by atoms with E-state index in [-0.39, 0.29) is 0 Å². The number of nitrogens with two attached hydrogens (primary N) is 1. The molecule has 0 saturated heterocycles. The predicted molar refractivity (Wildman–Crippen MR) is 73.5 cm³/mol. The second-order valence-corrected chi connectivity index (χ2v) is 4.75. The second-order valence-electron chi connectivity index (χ2n) is 3.89. The summed E-state index contributed by atoms with van der Waals surface area (Å²) in [6, 6.07) is 7.32. The van der Waals surface area contributed by atoms with Gasteiger partial charge in [-0.25, -0.2) is 4.68 Å². The lowest BCUT2D eigenvalue weighted by Crippen LogP contribution is -2.32. The Morgan fingerprint density at radius 1 is 1.50 bits per heavy atom. The van der Waals surface area contributed by atoms with Crippen LogP contribution in [0.2, 0.25) is 0 Å². The molecule has 0 aliphatic rings. The summed E-state index contributed by atoms with van der Waals surface area (Å²) in [6.45, 7) is 1.71. The van der Waals surface area contributed by atoms with Crippen molar-refractivity contribution in [3.63, 3.8) is 0 Å². The van der Waals surface area contributed by atoms with Crippen LogP contribution in [0, 0.1) is 0 Å². The highest BCUT2D eigenvalue weighted by Gasteiger charge is 2.10. The van der Waals surface area contributed by atoms with Crippen molar-refractivity contribution < 1.29 is 4.79 Å². The van der Waals surface area contributed by atoms with Crippen molar-refractivity contribution in [2.24, 2.45) is 5.73 Å². The molecule has 1 atom stereocenters. The number of para-hydroxylation sites is 1. The van der Waals surface area contributed by atoms with Crippen LogP contribution in [0.1, 0.15) is 6.92 Å². The number of hydrogen-bond acceptors (Lipinski definition) is 3. The Morgan fingerprint density at radius 2 is 2.22 bits per heavy atom. The molecule has 1 heterocycles. The highest BCUT2D eigenvalue weighted by Crippen LogP contribution is 2.21. The molecule has 0 unspecified atom stereocenters. The number of benzene rings is 1. The smallest absolute Gasteiger partial charge is 0.239 e. The molecule has 1 aromatic heterocycles. The molecule has 0 aliphatic heterocycles. The molecule has 0 fully saturated rings. The van der Waals surface area contributed by atoms with Crippen LogP contribution in [-0.4, -0.2) is 21.7 Å². The molecule has 0 spiro atoms. The molecule has 1 amide bonds. The van der Waals surface area contributed by atoms with Gasteiger partial charge < -0.3 is 11.1 Å². The van der Waals surface area contributed by atoms with Gasteiger partial charge in [-0.05, 0) is 35.0 Å². The van der Waals surface area contributed by atoms with Crippen LogP contribution in [0.4, 0.5) is 5.69 Å². The average molecular weight is 309 g/mol. The van der Waals surface area contributed by atoms with Gasteiger partial charge in [0, 0.05) is 4.47 Å². The molecule has 2 rings (SSSR count). The molecule has 2 aromatic rings. The number of anilines is 1. The van der Waals surface area contributed by atoms with Gasteiger partial charge in [0.15, 0.2) is 0 Å². The number of nitrogens with zero attached hydrogens (tertiary/aromatic N) is 2. The molecule has 94 valence electrons. The van der Waals surface area contributed by atoms with E-state index in [1.165, 1.54) is 0 Å². The maximum atomic E-state index is 11.0. The van der Waals surface area contributed by atoms with Crippen LogP contribution in [0.15, 0.2) is 41.1 Å². The number of aromatic nitrogens is 2. The van der Waals surface area contributed by atoms with Gasteiger partial charge >= 0.3 is 0 Å². The van der Waals surface area contributed by atoms with Gasteiger partial charge in [-0.2, -0.15) is 5.10 Å². The van der Waals surface area contributed by atoms with Gasteiger partial charge in [0.1, 0.15) is 6.04 Å². The molecule has 0 saturated carbocycles. The summed E-state index contributed by atoms with van der Waals surface area (Å²) in [5.74, 6) is -0.399. The van der Waals surface area contributed by atoms with Crippen LogP contribution in [0.3, 0.4) is 0 Å². The third kappa shape index (κ3) is 2.70. The van der Waals surface area contributed by atoms with E-state index in [0.717, 1.165) is 15.8 Å². The number of carbonyl (C=O) groups excluding carboxylic acids is 1. The Balaban J connectivity index is 2.21. The minimum Gasteiger partial charge on any atom is -0.371 e. The van der Waals surface area contributed by atoms with Crippen molar-refractivity contribution in [2.75, 3.05) is 5.32 Å². The Hall–Kier alpha value is -1.82. The normalized spacial score (nSPS) is 12.1. The molecule has 0 bridgehead atoms. The molecule has 1 aromatic carbocycles. The highest BCUT2D eigenvalue weighted by atomic mass is 79.9. The minimum absolute atomic E-state index is 0.399. The number of amides is 1. The summed E-state index contributed by atoms with van der Waals surface area (Å²) in [4.78, 5) is 11.0. The zero-order valence-electron chi connectivity index (χ0n) is 9.80. The van der Waals surface area contributed by atoms with E-state index in [9.17, 15) is 4.79 Å². The Bertz CT molecular complexity index is 567. The van der Waals surface area contributed by atoms with Crippen LogP contribution < -0.4 is 11.1 Å². The van der Waals surface area contributed by atoms with Crippen LogP contribution in [-0.2, 0) is 4.79 Å². The lowest BCUT2D eigenvalue weighted by atomic mass is 10.3. The quantitative estimate of drug-likeness (QED) is 0.906. The summed E-state index contributed by atoms with van der Waals surface area (Å²) in [5.41, 5.74) is 6.87. The predicted octanol–water partition coefficient (Wildman–Crippen LogP) is 1.92. The van der Waals surface area contributed by atoms with Crippen LogP contribution in [0.5, 0.6) is 0 Å². The maximum Gasteiger partial charge on any atom is 0.239 e. The molecule has 0 aliphatic carbocycles. The van der Waals surface area contributed by atoms with Crippen molar-refractivity contribution in [1.82, 2.24) is 9.78 Å². The zero-order valence-corrected chi connectivity index (χ0v) is 11.4. The fraction of sp³-hybridized carbons (Fsp3) is 0.167. The largest absolute Gasteiger partial charge is 0.371 e. The molecule has 5 nitrogen and oxygen atoms in total. The topological polar surface area (TPSA) is 72.9 Å². The molecule has 0 radical (unpaired) electrons. The zero-order chi connectivity index (χ0) is 13.1. The summed E-state index contributed by atoms with van der Waals surface area (Å²) in [5, 5.41) is 7.21. The van der Waals surface area contributed by atoms with Crippen molar-refractivity contribution in [3.05, 3.63) is 41.1 Å². The first-order valence-electron chi connectivity index (χ1n) is 5.43. The number of rotatable bonds is 4. The molecule has 3 N–H and O–H groups in total.